The fraction of sp³-hybridized carbons (Fsp3) is 0.280. The Morgan fingerprint density at radius 3 is 2.70 bits per heavy atom. The molecule has 0 unspecified atom stereocenters. The number of rotatable bonds is 3. The Labute approximate surface area is 175 Å². The third-order valence-corrected chi connectivity index (χ3v) is 6.12. The second-order valence-electron chi connectivity index (χ2n) is 7.88. The van der Waals surface area contributed by atoms with E-state index in [1.807, 2.05) is 37.3 Å². The number of ether oxygens (including phenoxy) is 2. The summed E-state index contributed by atoms with van der Waals surface area (Å²) in [5.74, 6) is 1.45. The summed E-state index contributed by atoms with van der Waals surface area (Å²) < 4.78 is 11.2. The van der Waals surface area contributed by atoms with Crippen molar-refractivity contribution in [3.63, 3.8) is 0 Å². The quantitative estimate of drug-likeness (QED) is 0.661. The molecule has 2 heterocycles. The first-order valence-electron chi connectivity index (χ1n) is 10.3. The number of hydrogen-bond donors (Lipinski definition) is 1. The average Bonchev–Trinajstić information content (AvgIpc) is 2.77. The molecule has 5 heteroatoms. The van der Waals surface area contributed by atoms with Crippen LogP contribution in [0.25, 0.3) is 10.9 Å². The largest absolute Gasteiger partial charge is 0.497 e. The van der Waals surface area contributed by atoms with Crippen molar-refractivity contribution in [2.24, 2.45) is 0 Å². The number of allylic oxidation sites excluding steroid dienone is 2. The summed E-state index contributed by atoms with van der Waals surface area (Å²) in [6.07, 6.45) is 2.31. The van der Waals surface area contributed by atoms with Gasteiger partial charge in [-0.25, -0.2) is 0 Å². The number of hydrogen-bond acceptors (Lipinski definition) is 5. The lowest BCUT2D eigenvalue weighted by Crippen LogP contribution is -2.27. The van der Waals surface area contributed by atoms with Crippen LogP contribution in [0.4, 0.5) is 5.69 Å². The number of ketones is 1. The zero-order chi connectivity index (χ0) is 20.8. The zero-order valence-corrected chi connectivity index (χ0v) is 17.4. The van der Waals surface area contributed by atoms with Crippen LogP contribution in [0.5, 0.6) is 11.5 Å². The Hall–Kier alpha value is -3.34. The maximum atomic E-state index is 13.2. The Bertz CT molecular complexity index is 1210. The molecule has 0 saturated carbocycles. The van der Waals surface area contributed by atoms with Gasteiger partial charge in [0.05, 0.1) is 19.7 Å². The highest BCUT2D eigenvalue weighted by atomic mass is 16.5. The SMILES string of the molecule is COc1ccc(OC)c([C@@H]2C3=C(CCCC3=O)Nc3ccc4nc(C)ccc4c32)c1. The number of aryl methyl sites for hydroxylation is 1. The molecule has 1 N–H and O–H groups in total. The predicted molar refractivity (Wildman–Crippen MR) is 117 cm³/mol. The smallest absolute Gasteiger partial charge is 0.161 e. The van der Waals surface area contributed by atoms with Crippen molar-refractivity contribution in [2.75, 3.05) is 19.5 Å². The minimum absolute atomic E-state index is 0.196. The minimum atomic E-state index is -0.234. The van der Waals surface area contributed by atoms with Crippen LogP contribution in [-0.2, 0) is 4.79 Å². The summed E-state index contributed by atoms with van der Waals surface area (Å²) in [7, 11) is 3.32. The third-order valence-electron chi connectivity index (χ3n) is 6.12. The van der Waals surface area contributed by atoms with Crippen LogP contribution in [0.2, 0.25) is 0 Å². The number of benzene rings is 2. The maximum Gasteiger partial charge on any atom is 0.161 e. The van der Waals surface area contributed by atoms with E-state index < -0.39 is 0 Å². The van der Waals surface area contributed by atoms with Gasteiger partial charge in [0.1, 0.15) is 11.5 Å². The highest BCUT2D eigenvalue weighted by Crippen LogP contribution is 2.50. The van der Waals surface area contributed by atoms with Crippen LogP contribution >= 0.6 is 0 Å². The summed E-state index contributed by atoms with van der Waals surface area (Å²) >= 11 is 0. The molecule has 1 atom stereocenters. The van der Waals surface area contributed by atoms with Gasteiger partial charge < -0.3 is 14.8 Å². The maximum absolute atomic E-state index is 13.2. The van der Waals surface area contributed by atoms with Gasteiger partial charge in [-0.05, 0) is 61.7 Å². The molecule has 0 spiro atoms. The summed E-state index contributed by atoms with van der Waals surface area (Å²) in [4.78, 5) is 17.9. The molecule has 2 aromatic carbocycles. The highest BCUT2D eigenvalue weighted by Gasteiger charge is 2.37. The molecule has 0 bridgehead atoms. The molecule has 30 heavy (non-hydrogen) atoms. The van der Waals surface area contributed by atoms with Gasteiger partial charge in [-0.1, -0.05) is 6.07 Å². The highest BCUT2D eigenvalue weighted by molar-refractivity contribution is 6.03. The molecule has 5 rings (SSSR count). The van der Waals surface area contributed by atoms with E-state index >= 15 is 0 Å². The molecule has 3 aromatic rings. The summed E-state index contributed by atoms with van der Waals surface area (Å²) in [5, 5.41) is 4.61. The fourth-order valence-corrected chi connectivity index (χ4v) is 4.76. The number of nitrogens with one attached hydrogen (secondary N) is 1. The van der Waals surface area contributed by atoms with Crippen molar-refractivity contribution in [3.8, 4) is 11.5 Å². The summed E-state index contributed by atoms with van der Waals surface area (Å²) in [5.41, 5.74) is 6.79. The van der Waals surface area contributed by atoms with E-state index in [0.717, 1.165) is 69.0 Å². The number of aromatic nitrogens is 1. The van der Waals surface area contributed by atoms with Gasteiger partial charge in [0.25, 0.3) is 0 Å². The lowest BCUT2D eigenvalue weighted by Gasteiger charge is -2.35. The van der Waals surface area contributed by atoms with Crippen LogP contribution < -0.4 is 14.8 Å². The molecule has 1 aliphatic heterocycles. The molecule has 0 saturated heterocycles. The number of Topliss-reactive ketones (excluding diaryl/α,β-unsaturated/α-hetero) is 1. The molecule has 2 aliphatic rings. The first-order valence-corrected chi connectivity index (χ1v) is 10.3. The number of anilines is 1. The van der Waals surface area contributed by atoms with Gasteiger partial charge in [-0.15, -0.1) is 0 Å². The number of pyridine rings is 1. The second-order valence-corrected chi connectivity index (χ2v) is 7.88. The van der Waals surface area contributed by atoms with E-state index in [-0.39, 0.29) is 11.7 Å². The van der Waals surface area contributed by atoms with Gasteiger partial charge >= 0.3 is 0 Å². The van der Waals surface area contributed by atoms with Crippen molar-refractivity contribution >= 4 is 22.4 Å². The monoisotopic (exact) mass is 400 g/mol. The number of carbonyl (C=O) groups excluding carboxylic acids is 1. The minimum Gasteiger partial charge on any atom is -0.497 e. The van der Waals surface area contributed by atoms with Gasteiger partial charge in [0.15, 0.2) is 5.78 Å². The molecular weight excluding hydrogens is 376 g/mol. The zero-order valence-electron chi connectivity index (χ0n) is 17.4. The van der Waals surface area contributed by atoms with Gasteiger partial charge in [0, 0.05) is 45.9 Å². The van der Waals surface area contributed by atoms with Gasteiger partial charge in [0.2, 0.25) is 0 Å². The first kappa shape index (κ1) is 18.7. The van der Waals surface area contributed by atoms with Crippen molar-refractivity contribution in [2.45, 2.75) is 32.1 Å². The molecule has 1 aromatic heterocycles. The van der Waals surface area contributed by atoms with E-state index in [4.69, 9.17) is 14.5 Å². The van der Waals surface area contributed by atoms with Crippen LogP contribution in [0.1, 0.15) is 42.0 Å². The molecular formula is C25H24N2O3. The number of methoxy groups -OCH3 is 2. The molecule has 152 valence electrons. The number of nitrogens with zero attached hydrogens (tertiary/aromatic N) is 1. The van der Waals surface area contributed by atoms with E-state index in [1.54, 1.807) is 14.2 Å². The second kappa shape index (κ2) is 7.17. The first-order chi connectivity index (χ1) is 14.6. The standard InChI is InChI=1S/C25H24N2O3/c1-14-7-9-16-18(26-14)10-11-20-23(16)24(25-19(27-20)5-4-6-21(25)28)17-13-15(29-2)8-12-22(17)30-3/h7-13,24,27H,4-6H2,1-3H3/t24-/m0/s1. The Balaban J connectivity index is 1.86. The molecule has 0 fully saturated rings. The number of carbonyl (C=O) groups is 1. The Morgan fingerprint density at radius 1 is 1.03 bits per heavy atom. The topological polar surface area (TPSA) is 60.5 Å². The molecule has 1 aliphatic carbocycles. The van der Waals surface area contributed by atoms with Gasteiger partial charge in [-0.3, -0.25) is 9.78 Å². The third kappa shape index (κ3) is 2.84. The fourth-order valence-electron chi connectivity index (χ4n) is 4.76. The predicted octanol–water partition coefficient (Wildman–Crippen LogP) is 5.12. The Kier molecular flexibility index (Phi) is 4.46. The summed E-state index contributed by atoms with van der Waals surface area (Å²) in [6, 6.07) is 14.0. The van der Waals surface area contributed by atoms with Crippen molar-refractivity contribution < 1.29 is 14.3 Å². The van der Waals surface area contributed by atoms with Crippen LogP contribution in [-0.4, -0.2) is 25.0 Å². The van der Waals surface area contributed by atoms with E-state index in [9.17, 15) is 4.79 Å². The van der Waals surface area contributed by atoms with Gasteiger partial charge in [-0.2, -0.15) is 0 Å². The average molecular weight is 400 g/mol. The summed E-state index contributed by atoms with van der Waals surface area (Å²) in [6.45, 7) is 1.99. The number of fused-ring (bicyclic) bond motifs is 3. The van der Waals surface area contributed by atoms with Crippen LogP contribution in [0.3, 0.4) is 0 Å². The van der Waals surface area contributed by atoms with Crippen molar-refractivity contribution in [1.29, 1.82) is 0 Å². The van der Waals surface area contributed by atoms with Crippen LogP contribution in [0, 0.1) is 6.92 Å². The molecule has 0 radical (unpaired) electrons. The Morgan fingerprint density at radius 2 is 1.90 bits per heavy atom. The van der Waals surface area contributed by atoms with Crippen molar-refractivity contribution in [1.82, 2.24) is 4.98 Å². The molecule has 5 nitrogen and oxygen atoms in total. The molecule has 0 amide bonds. The van der Waals surface area contributed by atoms with Crippen LogP contribution in [0.15, 0.2) is 53.7 Å². The van der Waals surface area contributed by atoms with Crippen molar-refractivity contribution in [3.05, 3.63) is 70.6 Å². The van der Waals surface area contributed by atoms with E-state index in [0.29, 0.717) is 6.42 Å². The lowest BCUT2D eigenvalue weighted by atomic mass is 9.74. The lowest BCUT2D eigenvalue weighted by molar-refractivity contribution is -0.116. The van der Waals surface area contributed by atoms with E-state index in [2.05, 4.69) is 17.4 Å². The normalized spacial score (nSPS) is 18.0. The van der Waals surface area contributed by atoms with E-state index in [1.165, 1.54) is 0 Å².